The first kappa shape index (κ1) is 23.4. The topological polar surface area (TPSA) is 88.3 Å². The number of aromatic nitrogens is 2. The molecule has 3 rings (SSSR count). The fraction of sp³-hybridized carbons (Fsp3) is 0.304. The zero-order chi connectivity index (χ0) is 23.1. The van der Waals surface area contributed by atoms with Crippen LogP contribution in [0.15, 0.2) is 47.0 Å². The fourth-order valence-corrected chi connectivity index (χ4v) is 3.41. The van der Waals surface area contributed by atoms with Crippen LogP contribution in [0, 0.1) is 5.82 Å². The van der Waals surface area contributed by atoms with Gasteiger partial charge in [-0.05, 0) is 62.7 Å². The molecule has 0 radical (unpaired) electrons. The molecule has 0 aliphatic heterocycles. The Morgan fingerprint density at radius 1 is 1.12 bits per heavy atom. The molecule has 32 heavy (non-hydrogen) atoms. The van der Waals surface area contributed by atoms with Crippen molar-refractivity contribution in [3.05, 3.63) is 64.8 Å². The Balaban J connectivity index is 1.50. The van der Waals surface area contributed by atoms with E-state index in [1.807, 2.05) is 13.8 Å². The van der Waals surface area contributed by atoms with E-state index in [-0.39, 0.29) is 24.1 Å². The number of nitrogens with one attached hydrogen (secondary N) is 1. The minimum absolute atomic E-state index is 0.141. The highest BCUT2D eigenvalue weighted by atomic mass is 35.5. The molecular weight excluding hydrogens is 435 g/mol. The van der Waals surface area contributed by atoms with Crippen molar-refractivity contribution in [1.82, 2.24) is 15.0 Å². The second kappa shape index (κ2) is 10.9. The standard InChI is InChI=1S/C23H24ClFN4O3/c1-3-29(4-2)23(31)18-13-12-17(14-19(18)24)26-20(30)6-5-7-21-27-22(28-32-21)15-8-10-16(25)11-9-15/h8-14H,3-7H2,1-2H3,(H,26,30). The smallest absolute Gasteiger partial charge is 0.255 e. The number of halogens is 2. The number of carbonyl (C=O) groups excluding carboxylic acids is 2. The van der Waals surface area contributed by atoms with Crippen LogP contribution in [0.25, 0.3) is 11.4 Å². The lowest BCUT2D eigenvalue weighted by Gasteiger charge is -2.19. The van der Waals surface area contributed by atoms with Gasteiger partial charge in [-0.2, -0.15) is 4.98 Å². The van der Waals surface area contributed by atoms with Crippen LogP contribution in [0.2, 0.25) is 5.02 Å². The Hall–Kier alpha value is -3.26. The number of benzene rings is 2. The molecular formula is C23H24ClFN4O3. The molecule has 7 nitrogen and oxygen atoms in total. The summed E-state index contributed by atoms with van der Waals surface area (Å²) >= 11 is 6.26. The van der Waals surface area contributed by atoms with E-state index in [2.05, 4.69) is 15.5 Å². The highest BCUT2D eigenvalue weighted by Crippen LogP contribution is 2.23. The molecule has 3 aromatic rings. The summed E-state index contributed by atoms with van der Waals surface area (Å²) in [4.78, 5) is 30.7. The molecule has 1 N–H and O–H groups in total. The summed E-state index contributed by atoms with van der Waals surface area (Å²) in [6, 6.07) is 10.7. The van der Waals surface area contributed by atoms with Crippen molar-refractivity contribution in [2.45, 2.75) is 33.1 Å². The largest absolute Gasteiger partial charge is 0.339 e. The molecule has 9 heteroatoms. The van der Waals surface area contributed by atoms with E-state index in [4.69, 9.17) is 16.1 Å². The average molecular weight is 459 g/mol. The molecule has 1 heterocycles. The predicted octanol–water partition coefficient (Wildman–Crippen LogP) is 4.97. The third-order valence-corrected chi connectivity index (χ3v) is 5.21. The van der Waals surface area contributed by atoms with Gasteiger partial charge in [-0.15, -0.1) is 0 Å². The van der Waals surface area contributed by atoms with Crippen LogP contribution >= 0.6 is 11.6 Å². The van der Waals surface area contributed by atoms with Crippen LogP contribution in [0.5, 0.6) is 0 Å². The Morgan fingerprint density at radius 3 is 2.50 bits per heavy atom. The second-order valence-corrected chi connectivity index (χ2v) is 7.50. The van der Waals surface area contributed by atoms with E-state index in [0.717, 1.165) is 0 Å². The first-order chi connectivity index (χ1) is 15.4. The van der Waals surface area contributed by atoms with Crippen LogP contribution in [-0.4, -0.2) is 39.9 Å². The number of rotatable bonds is 9. The van der Waals surface area contributed by atoms with Crippen LogP contribution < -0.4 is 5.32 Å². The van der Waals surface area contributed by atoms with Gasteiger partial charge in [0.2, 0.25) is 17.6 Å². The molecule has 1 aromatic heterocycles. The van der Waals surface area contributed by atoms with Crippen molar-refractivity contribution in [1.29, 1.82) is 0 Å². The Labute approximate surface area is 190 Å². The van der Waals surface area contributed by atoms with Crippen molar-refractivity contribution in [2.24, 2.45) is 0 Å². The number of carbonyl (C=O) groups is 2. The van der Waals surface area contributed by atoms with Gasteiger partial charge in [0.25, 0.3) is 5.91 Å². The molecule has 0 aliphatic carbocycles. The molecule has 0 aliphatic rings. The lowest BCUT2D eigenvalue weighted by atomic mass is 10.1. The highest BCUT2D eigenvalue weighted by molar-refractivity contribution is 6.34. The summed E-state index contributed by atoms with van der Waals surface area (Å²) in [5.74, 6) is 0.104. The number of amides is 2. The number of anilines is 1. The molecule has 0 unspecified atom stereocenters. The van der Waals surface area contributed by atoms with Gasteiger partial charge in [-0.1, -0.05) is 16.8 Å². The van der Waals surface area contributed by atoms with Crippen LogP contribution in [-0.2, 0) is 11.2 Å². The normalized spacial score (nSPS) is 10.8. The molecule has 0 spiro atoms. The Bertz CT molecular complexity index is 1080. The highest BCUT2D eigenvalue weighted by Gasteiger charge is 2.16. The third kappa shape index (κ3) is 5.91. The molecule has 2 aromatic carbocycles. The second-order valence-electron chi connectivity index (χ2n) is 7.09. The summed E-state index contributed by atoms with van der Waals surface area (Å²) in [7, 11) is 0. The molecule has 0 saturated carbocycles. The van der Waals surface area contributed by atoms with Crippen LogP contribution in [0.1, 0.15) is 42.9 Å². The number of hydrogen-bond acceptors (Lipinski definition) is 5. The maximum atomic E-state index is 13.0. The van der Waals surface area contributed by atoms with Gasteiger partial charge in [0.05, 0.1) is 10.6 Å². The molecule has 168 valence electrons. The van der Waals surface area contributed by atoms with Crippen molar-refractivity contribution in [2.75, 3.05) is 18.4 Å². The zero-order valence-electron chi connectivity index (χ0n) is 17.9. The quantitative estimate of drug-likeness (QED) is 0.489. The van der Waals surface area contributed by atoms with Gasteiger partial charge in [0, 0.05) is 37.2 Å². The van der Waals surface area contributed by atoms with E-state index >= 15 is 0 Å². The SMILES string of the molecule is CCN(CC)C(=O)c1ccc(NC(=O)CCCc2nc(-c3ccc(F)cc3)no2)cc1Cl. The van der Waals surface area contributed by atoms with Crippen molar-refractivity contribution >= 4 is 29.1 Å². The maximum Gasteiger partial charge on any atom is 0.255 e. The molecule has 0 saturated heterocycles. The third-order valence-electron chi connectivity index (χ3n) is 4.90. The van der Waals surface area contributed by atoms with E-state index in [1.54, 1.807) is 35.2 Å². The number of aryl methyl sites for hydroxylation is 1. The maximum absolute atomic E-state index is 13.0. The molecule has 0 atom stereocenters. The fourth-order valence-electron chi connectivity index (χ4n) is 3.14. The van der Waals surface area contributed by atoms with Gasteiger partial charge >= 0.3 is 0 Å². The van der Waals surface area contributed by atoms with Crippen molar-refractivity contribution in [3.8, 4) is 11.4 Å². The summed E-state index contributed by atoms with van der Waals surface area (Å²) in [6.45, 7) is 4.99. The van der Waals surface area contributed by atoms with Gasteiger partial charge in [0.1, 0.15) is 5.82 Å². The number of hydrogen-bond donors (Lipinski definition) is 1. The van der Waals surface area contributed by atoms with E-state index in [0.29, 0.717) is 59.5 Å². The van der Waals surface area contributed by atoms with Gasteiger partial charge in [0.15, 0.2) is 0 Å². The van der Waals surface area contributed by atoms with Crippen molar-refractivity contribution in [3.63, 3.8) is 0 Å². The van der Waals surface area contributed by atoms with Gasteiger partial charge < -0.3 is 14.7 Å². The van der Waals surface area contributed by atoms with Crippen molar-refractivity contribution < 1.29 is 18.5 Å². The Kier molecular flexibility index (Phi) is 7.94. The predicted molar refractivity (Wildman–Crippen MR) is 120 cm³/mol. The van der Waals surface area contributed by atoms with Gasteiger partial charge in [-0.25, -0.2) is 4.39 Å². The first-order valence-corrected chi connectivity index (χ1v) is 10.8. The Morgan fingerprint density at radius 2 is 1.84 bits per heavy atom. The van der Waals surface area contributed by atoms with Crippen LogP contribution in [0.3, 0.4) is 0 Å². The molecule has 0 bridgehead atoms. The first-order valence-electron chi connectivity index (χ1n) is 10.4. The van der Waals surface area contributed by atoms with Gasteiger partial charge in [-0.3, -0.25) is 9.59 Å². The van der Waals surface area contributed by atoms with Crippen LogP contribution in [0.4, 0.5) is 10.1 Å². The summed E-state index contributed by atoms with van der Waals surface area (Å²) in [6.07, 6.45) is 1.18. The lowest BCUT2D eigenvalue weighted by molar-refractivity contribution is -0.116. The minimum atomic E-state index is -0.338. The number of nitrogens with zero attached hydrogens (tertiary/aromatic N) is 3. The monoisotopic (exact) mass is 458 g/mol. The average Bonchev–Trinajstić information content (AvgIpc) is 3.24. The zero-order valence-corrected chi connectivity index (χ0v) is 18.7. The molecule has 0 fully saturated rings. The summed E-state index contributed by atoms with van der Waals surface area (Å²) < 4.78 is 18.2. The minimum Gasteiger partial charge on any atom is -0.339 e. The lowest BCUT2D eigenvalue weighted by Crippen LogP contribution is -2.30. The summed E-state index contributed by atoms with van der Waals surface area (Å²) in [5.41, 5.74) is 1.58. The van der Waals surface area contributed by atoms with E-state index in [9.17, 15) is 14.0 Å². The van der Waals surface area contributed by atoms with E-state index in [1.165, 1.54) is 12.1 Å². The van der Waals surface area contributed by atoms with E-state index < -0.39 is 0 Å². The summed E-state index contributed by atoms with van der Waals surface area (Å²) in [5, 5.41) is 6.95. The molecule has 2 amide bonds.